The van der Waals surface area contributed by atoms with Gasteiger partial charge in [0.05, 0.1) is 18.3 Å². The van der Waals surface area contributed by atoms with Crippen molar-refractivity contribution in [3.8, 4) is 0 Å². The van der Waals surface area contributed by atoms with Gasteiger partial charge >= 0.3 is 0 Å². The monoisotopic (exact) mass is 187 g/mol. The average Bonchev–Trinajstić information content (AvgIpc) is 2.09. The van der Waals surface area contributed by atoms with Gasteiger partial charge in [0.25, 0.3) is 0 Å². The Morgan fingerprint density at radius 2 is 1.77 bits per heavy atom. The van der Waals surface area contributed by atoms with Gasteiger partial charge in [-0.25, -0.2) is 0 Å². The van der Waals surface area contributed by atoms with Gasteiger partial charge in [-0.3, -0.25) is 4.90 Å². The first-order valence-corrected chi connectivity index (χ1v) is 4.96. The van der Waals surface area contributed by atoms with Crippen LogP contribution in [-0.2, 0) is 0 Å². The molecule has 0 aromatic carbocycles. The van der Waals surface area contributed by atoms with Crippen molar-refractivity contribution in [2.75, 3.05) is 13.1 Å². The molecule has 4 nitrogen and oxygen atoms in total. The van der Waals surface area contributed by atoms with Gasteiger partial charge in [0.15, 0.2) is 0 Å². The smallest absolute Gasteiger partial charge is 0.0926 e. The average molecular weight is 187 g/mol. The number of fused-ring (bicyclic) bond motifs is 1. The lowest BCUT2D eigenvalue weighted by Gasteiger charge is -2.45. The fourth-order valence-corrected chi connectivity index (χ4v) is 2.40. The van der Waals surface area contributed by atoms with E-state index >= 15 is 0 Å². The summed E-state index contributed by atoms with van der Waals surface area (Å²) >= 11 is 0. The number of nitrogens with zero attached hydrogens (tertiary/aromatic N) is 1. The van der Waals surface area contributed by atoms with Crippen LogP contribution in [0.25, 0.3) is 0 Å². The summed E-state index contributed by atoms with van der Waals surface area (Å²) in [5, 5.41) is 28.6. The van der Waals surface area contributed by atoms with Gasteiger partial charge in [-0.1, -0.05) is 0 Å². The van der Waals surface area contributed by atoms with Gasteiger partial charge in [-0.2, -0.15) is 0 Å². The SMILES string of the molecule is OC1CC2C(O)CCCN2CC1O. The van der Waals surface area contributed by atoms with Crippen LogP contribution in [0.4, 0.5) is 0 Å². The third-order valence-corrected chi connectivity index (χ3v) is 3.21. The van der Waals surface area contributed by atoms with Crippen LogP contribution in [0, 0.1) is 0 Å². The Labute approximate surface area is 77.8 Å². The Kier molecular flexibility index (Phi) is 2.55. The molecule has 2 fully saturated rings. The molecule has 4 heteroatoms. The quantitative estimate of drug-likeness (QED) is 0.452. The summed E-state index contributed by atoms with van der Waals surface area (Å²) in [5.41, 5.74) is 0. The molecule has 0 amide bonds. The fourth-order valence-electron chi connectivity index (χ4n) is 2.40. The standard InChI is InChI=1S/C9H17NO3/c11-7-2-1-3-10-5-9(13)8(12)4-6(7)10/h6-9,11-13H,1-5H2. The minimum Gasteiger partial charge on any atom is -0.391 e. The first-order valence-electron chi connectivity index (χ1n) is 4.96. The molecule has 2 heterocycles. The van der Waals surface area contributed by atoms with Gasteiger partial charge in [-0.05, 0) is 25.8 Å². The molecular weight excluding hydrogens is 170 g/mol. The molecule has 13 heavy (non-hydrogen) atoms. The summed E-state index contributed by atoms with van der Waals surface area (Å²) in [7, 11) is 0. The number of piperidine rings is 2. The van der Waals surface area contributed by atoms with Crippen molar-refractivity contribution in [1.29, 1.82) is 0 Å². The predicted octanol–water partition coefficient (Wildman–Crippen LogP) is -1.06. The van der Waals surface area contributed by atoms with E-state index in [0.29, 0.717) is 13.0 Å². The largest absolute Gasteiger partial charge is 0.391 e. The molecular formula is C9H17NO3. The second-order valence-electron chi connectivity index (χ2n) is 4.14. The summed E-state index contributed by atoms with van der Waals surface area (Å²) in [6.07, 6.45) is 0.693. The number of hydrogen-bond acceptors (Lipinski definition) is 4. The maximum atomic E-state index is 9.67. The van der Waals surface area contributed by atoms with Crippen molar-refractivity contribution in [2.24, 2.45) is 0 Å². The fraction of sp³-hybridized carbons (Fsp3) is 1.00. The zero-order chi connectivity index (χ0) is 9.42. The lowest BCUT2D eigenvalue weighted by molar-refractivity contribution is -0.102. The lowest BCUT2D eigenvalue weighted by atomic mass is 9.88. The maximum Gasteiger partial charge on any atom is 0.0926 e. The van der Waals surface area contributed by atoms with Crippen molar-refractivity contribution < 1.29 is 15.3 Å². The van der Waals surface area contributed by atoms with Crippen LogP contribution in [0.3, 0.4) is 0 Å². The van der Waals surface area contributed by atoms with Crippen LogP contribution in [0.2, 0.25) is 0 Å². The zero-order valence-corrected chi connectivity index (χ0v) is 7.63. The van der Waals surface area contributed by atoms with E-state index in [9.17, 15) is 15.3 Å². The lowest BCUT2D eigenvalue weighted by Crippen LogP contribution is -2.58. The van der Waals surface area contributed by atoms with E-state index in [0.717, 1.165) is 19.4 Å². The van der Waals surface area contributed by atoms with Gasteiger partial charge < -0.3 is 15.3 Å². The minimum atomic E-state index is -0.658. The molecule has 0 aromatic heterocycles. The Morgan fingerprint density at radius 3 is 2.54 bits per heavy atom. The Hall–Kier alpha value is -0.160. The van der Waals surface area contributed by atoms with E-state index in [1.165, 1.54) is 0 Å². The molecule has 3 N–H and O–H groups in total. The highest BCUT2D eigenvalue weighted by Crippen LogP contribution is 2.26. The minimum absolute atomic E-state index is 0.0622. The Bertz CT molecular complexity index is 188. The van der Waals surface area contributed by atoms with Crippen LogP contribution in [0.5, 0.6) is 0 Å². The molecule has 2 aliphatic heterocycles. The highest BCUT2D eigenvalue weighted by atomic mass is 16.3. The zero-order valence-electron chi connectivity index (χ0n) is 7.63. The molecule has 0 bridgehead atoms. The molecule has 0 radical (unpaired) electrons. The highest BCUT2D eigenvalue weighted by molar-refractivity contribution is 4.93. The molecule has 2 saturated heterocycles. The second-order valence-corrected chi connectivity index (χ2v) is 4.14. The van der Waals surface area contributed by atoms with E-state index in [-0.39, 0.29) is 12.1 Å². The van der Waals surface area contributed by atoms with E-state index < -0.39 is 12.2 Å². The van der Waals surface area contributed by atoms with Crippen molar-refractivity contribution >= 4 is 0 Å². The van der Waals surface area contributed by atoms with Crippen molar-refractivity contribution in [1.82, 2.24) is 4.90 Å². The second kappa shape index (κ2) is 3.53. The third kappa shape index (κ3) is 1.72. The molecule has 0 spiro atoms. The van der Waals surface area contributed by atoms with Gasteiger partial charge in [0.2, 0.25) is 0 Å². The summed E-state index contributed by atoms with van der Waals surface area (Å²) in [6.45, 7) is 1.44. The van der Waals surface area contributed by atoms with Crippen molar-refractivity contribution in [3.63, 3.8) is 0 Å². The predicted molar refractivity (Wildman–Crippen MR) is 47.2 cm³/mol. The van der Waals surface area contributed by atoms with Crippen LogP contribution in [0.15, 0.2) is 0 Å². The molecule has 0 aliphatic carbocycles. The van der Waals surface area contributed by atoms with Crippen LogP contribution in [0.1, 0.15) is 19.3 Å². The topological polar surface area (TPSA) is 63.9 Å². The van der Waals surface area contributed by atoms with Crippen LogP contribution in [-0.4, -0.2) is 57.7 Å². The molecule has 2 aliphatic rings. The summed E-state index contributed by atoms with van der Waals surface area (Å²) < 4.78 is 0. The number of hydrogen-bond donors (Lipinski definition) is 3. The van der Waals surface area contributed by atoms with Crippen molar-refractivity contribution in [3.05, 3.63) is 0 Å². The first-order chi connectivity index (χ1) is 6.18. The third-order valence-electron chi connectivity index (χ3n) is 3.21. The molecule has 0 aromatic rings. The molecule has 76 valence electrons. The van der Waals surface area contributed by atoms with Gasteiger partial charge in [0, 0.05) is 12.6 Å². The van der Waals surface area contributed by atoms with Crippen molar-refractivity contribution in [2.45, 2.75) is 43.6 Å². The Morgan fingerprint density at radius 1 is 1.00 bits per heavy atom. The molecule has 2 rings (SSSR count). The van der Waals surface area contributed by atoms with Crippen LogP contribution < -0.4 is 0 Å². The summed E-state index contributed by atoms with van der Waals surface area (Å²) in [4.78, 5) is 2.09. The number of aliphatic hydroxyl groups excluding tert-OH is 3. The molecule has 4 atom stereocenters. The maximum absolute atomic E-state index is 9.67. The van der Waals surface area contributed by atoms with E-state index in [4.69, 9.17) is 0 Å². The number of aliphatic hydroxyl groups is 3. The number of rotatable bonds is 0. The highest BCUT2D eigenvalue weighted by Gasteiger charge is 2.38. The van der Waals surface area contributed by atoms with E-state index in [1.54, 1.807) is 0 Å². The van der Waals surface area contributed by atoms with Gasteiger partial charge in [0.1, 0.15) is 0 Å². The first kappa shape index (κ1) is 9.40. The van der Waals surface area contributed by atoms with Crippen LogP contribution >= 0.6 is 0 Å². The summed E-state index contributed by atoms with van der Waals surface area (Å²) in [6, 6.07) is 0.0622. The molecule has 0 saturated carbocycles. The molecule has 4 unspecified atom stereocenters. The van der Waals surface area contributed by atoms with E-state index in [1.807, 2.05) is 0 Å². The Balaban J connectivity index is 2.04. The summed E-state index contributed by atoms with van der Waals surface area (Å²) in [5.74, 6) is 0. The van der Waals surface area contributed by atoms with E-state index in [2.05, 4.69) is 4.90 Å². The normalized spacial score (nSPS) is 47.3. The van der Waals surface area contributed by atoms with Gasteiger partial charge in [-0.15, -0.1) is 0 Å².